The number of nitrogens with one attached hydrogen (secondary N) is 1. The third-order valence-electron chi connectivity index (χ3n) is 5.27. The summed E-state index contributed by atoms with van der Waals surface area (Å²) in [4.78, 5) is 12.9. The monoisotopic (exact) mass is 399 g/mol. The Morgan fingerprint density at radius 1 is 0.967 bits per heavy atom. The van der Waals surface area contributed by atoms with Gasteiger partial charge in [-0.3, -0.25) is 4.79 Å². The van der Waals surface area contributed by atoms with Crippen LogP contribution in [0.3, 0.4) is 0 Å². The summed E-state index contributed by atoms with van der Waals surface area (Å²) in [5.74, 6) is 0.775. The van der Waals surface area contributed by atoms with Gasteiger partial charge in [-0.15, -0.1) is 0 Å². The van der Waals surface area contributed by atoms with Crippen molar-refractivity contribution < 1.29 is 13.9 Å². The van der Waals surface area contributed by atoms with Crippen LogP contribution in [0, 0.1) is 6.92 Å². The van der Waals surface area contributed by atoms with E-state index in [2.05, 4.69) is 24.4 Å². The van der Waals surface area contributed by atoms with E-state index in [0.717, 1.165) is 39.9 Å². The zero-order valence-corrected chi connectivity index (χ0v) is 17.4. The van der Waals surface area contributed by atoms with E-state index in [9.17, 15) is 4.79 Å². The van der Waals surface area contributed by atoms with Crippen molar-refractivity contribution in [3.8, 4) is 16.9 Å². The van der Waals surface area contributed by atoms with Crippen molar-refractivity contribution in [2.45, 2.75) is 33.3 Å². The number of rotatable bonds is 6. The summed E-state index contributed by atoms with van der Waals surface area (Å²) in [7, 11) is 0. The molecule has 0 spiro atoms. The summed E-state index contributed by atoms with van der Waals surface area (Å²) in [5.41, 5.74) is 4.38. The van der Waals surface area contributed by atoms with Crippen LogP contribution in [0.1, 0.15) is 36.4 Å². The number of hydrogen-bond donors (Lipinski definition) is 1. The smallest absolute Gasteiger partial charge is 0.291 e. The predicted octanol–water partition coefficient (Wildman–Crippen LogP) is 6.84. The van der Waals surface area contributed by atoms with Crippen LogP contribution in [0.5, 0.6) is 5.75 Å². The van der Waals surface area contributed by atoms with Crippen molar-refractivity contribution in [2.75, 3.05) is 5.32 Å². The van der Waals surface area contributed by atoms with Crippen molar-refractivity contribution in [3.05, 3.63) is 84.1 Å². The molecule has 0 aliphatic carbocycles. The van der Waals surface area contributed by atoms with E-state index in [4.69, 9.17) is 9.15 Å². The van der Waals surface area contributed by atoms with Gasteiger partial charge >= 0.3 is 0 Å². The molecule has 3 aromatic carbocycles. The molecule has 4 aromatic rings. The number of ether oxygens (including phenoxy) is 1. The zero-order valence-electron chi connectivity index (χ0n) is 17.4. The van der Waals surface area contributed by atoms with Crippen LogP contribution in [-0.2, 0) is 0 Å². The van der Waals surface area contributed by atoms with Crippen molar-refractivity contribution in [2.24, 2.45) is 0 Å². The van der Waals surface area contributed by atoms with E-state index in [0.29, 0.717) is 11.3 Å². The summed E-state index contributed by atoms with van der Waals surface area (Å²) >= 11 is 0. The minimum absolute atomic E-state index is 0.0882. The maximum absolute atomic E-state index is 12.9. The Morgan fingerprint density at radius 2 is 1.67 bits per heavy atom. The Kier molecular flexibility index (Phi) is 5.57. The SMILES string of the molecule is CCC(C)Oc1cccc2oc(C(=O)Nc3ccc(-c4ccccc4)cc3)c(C)c12. The number of fused-ring (bicyclic) bond motifs is 1. The van der Waals surface area contributed by atoms with Crippen molar-refractivity contribution in [3.63, 3.8) is 0 Å². The summed E-state index contributed by atoms with van der Waals surface area (Å²) < 4.78 is 11.9. The molecule has 152 valence electrons. The Balaban J connectivity index is 1.58. The molecular formula is C26H25NO3. The quantitative estimate of drug-likeness (QED) is 0.386. The van der Waals surface area contributed by atoms with Gasteiger partial charge in [-0.05, 0) is 55.7 Å². The highest BCUT2D eigenvalue weighted by Gasteiger charge is 2.21. The first kappa shape index (κ1) is 19.8. The van der Waals surface area contributed by atoms with Gasteiger partial charge in [0, 0.05) is 11.3 Å². The maximum atomic E-state index is 12.9. The van der Waals surface area contributed by atoms with E-state index in [1.54, 1.807) is 0 Å². The van der Waals surface area contributed by atoms with Crippen molar-refractivity contribution in [1.29, 1.82) is 0 Å². The molecule has 1 N–H and O–H groups in total. The molecule has 0 saturated carbocycles. The number of carbonyl (C=O) groups excluding carboxylic acids is 1. The molecule has 0 aliphatic rings. The van der Waals surface area contributed by atoms with Crippen LogP contribution < -0.4 is 10.1 Å². The lowest BCUT2D eigenvalue weighted by molar-refractivity contribution is 0.0998. The van der Waals surface area contributed by atoms with Gasteiger partial charge in [0.2, 0.25) is 0 Å². The van der Waals surface area contributed by atoms with Gasteiger partial charge in [-0.2, -0.15) is 0 Å². The van der Waals surface area contributed by atoms with Gasteiger partial charge in [0.05, 0.1) is 11.5 Å². The summed E-state index contributed by atoms with van der Waals surface area (Å²) in [6.07, 6.45) is 0.991. The second-order valence-corrected chi connectivity index (χ2v) is 7.42. The summed E-state index contributed by atoms with van der Waals surface area (Å²) in [5, 5.41) is 3.79. The first-order valence-corrected chi connectivity index (χ1v) is 10.2. The fourth-order valence-electron chi connectivity index (χ4n) is 3.45. The Morgan fingerprint density at radius 3 is 2.37 bits per heavy atom. The van der Waals surface area contributed by atoms with Crippen LogP contribution >= 0.6 is 0 Å². The summed E-state index contributed by atoms with van der Waals surface area (Å²) in [6, 6.07) is 23.6. The van der Waals surface area contributed by atoms with E-state index < -0.39 is 0 Å². The van der Waals surface area contributed by atoms with E-state index in [1.165, 1.54) is 0 Å². The van der Waals surface area contributed by atoms with Gasteiger partial charge < -0.3 is 14.5 Å². The molecule has 4 nitrogen and oxygen atoms in total. The molecule has 1 unspecified atom stereocenters. The van der Waals surface area contributed by atoms with Gasteiger partial charge in [-0.25, -0.2) is 0 Å². The predicted molar refractivity (Wildman–Crippen MR) is 121 cm³/mol. The Bertz CT molecular complexity index is 1160. The average molecular weight is 399 g/mol. The van der Waals surface area contributed by atoms with E-state index >= 15 is 0 Å². The Hall–Kier alpha value is -3.53. The minimum atomic E-state index is -0.273. The van der Waals surface area contributed by atoms with Crippen molar-refractivity contribution in [1.82, 2.24) is 0 Å². The van der Waals surface area contributed by atoms with Gasteiger partial charge in [0.15, 0.2) is 5.76 Å². The molecular weight excluding hydrogens is 374 g/mol. The lowest BCUT2D eigenvalue weighted by atomic mass is 10.1. The normalized spacial score (nSPS) is 12.0. The minimum Gasteiger partial charge on any atom is -0.490 e. The third-order valence-corrected chi connectivity index (χ3v) is 5.27. The molecule has 0 radical (unpaired) electrons. The fourth-order valence-corrected chi connectivity index (χ4v) is 3.45. The second-order valence-electron chi connectivity index (χ2n) is 7.42. The number of benzene rings is 3. The number of aryl methyl sites for hydroxylation is 1. The molecule has 0 saturated heterocycles. The van der Waals surface area contributed by atoms with E-state index in [1.807, 2.05) is 74.5 Å². The Labute approximate surface area is 176 Å². The topological polar surface area (TPSA) is 51.5 Å². The number of amides is 1. The highest BCUT2D eigenvalue weighted by molar-refractivity contribution is 6.07. The molecule has 0 bridgehead atoms. The molecule has 1 aromatic heterocycles. The molecule has 1 heterocycles. The van der Waals surface area contributed by atoms with Crippen LogP contribution in [-0.4, -0.2) is 12.0 Å². The third kappa shape index (κ3) is 3.94. The molecule has 4 rings (SSSR count). The number of carbonyl (C=O) groups is 1. The van der Waals surface area contributed by atoms with Gasteiger partial charge in [0.1, 0.15) is 11.3 Å². The van der Waals surface area contributed by atoms with Crippen LogP contribution in [0.25, 0.3) is 22.1 Å². The first-order chi connectivity index (χ1) is 14.6. The maximum Gasteiger partial charge on any atom is 0.291 e. The van der Waals surface area contributed by atoms with Crippen LogP contribution in [0.2, 0.25) is 0 Å². The number of hydrogen-bond acceptors (Lipinski definition) is 3. The molecule has 1 atom stereocenters. The van der Waals surface area contributed by atoms with Crippen LogP contribution in [0.15, 0.2) is 77.2 Å². The standard InChI is InChI=1S/C26H25NO3/c1-4-17(2)29-22-11-8-12-23-24(22)18(3)25(30-23)26(28)27-21-15-13-20(14-16-21)19-9-6-5-7-10-19/h5-17H,4H2,1-3H3,(H,27,28). The highest BCUT2D eigenvalue weighted by Crippen LogP contribution is 2.34. The molecule has 0 fully saturated rings. The summed E-state index contributed by atoms with van der Waals surface area (Å²) in [6.45, 7) is 6.00. The zero-order chi connectivity index (χ0) is 21.1. The lowest BCUT2D eigenvalue weighted by Gasteiger charge is -2.13. The molecule has 4 heteroatoms. The van der Waals surface area contributed by atoms with Gasteiger partial charge in [-0.1, -0.05) is 55.5 Å². The molecule has 0 aliphatic heterocycles. The first-order valence-electron chi connectivity index (χ1n) is 10.2. The largest absolute Gasteiger partial charge is 0.490 e. The number of anilines is 1. The molecule has 30 heavy (non-hydrogen) atoms. The average Bonchev–Trinajstić information content (AvgIpc) is 3.12. The van der Waals surface area contributed by atoms with E-state index in [-0.39, 0.29) is 12.0 Å². The van der Waals surface area contributed by atoms with Crippen LogP contribution in [0.4, 0.5) is 5.69 Å². The number of furan rings is 1. The van der Waals surface area contributed by atoms with Gasteiger partial charge in [0.25, 0.3) is 5.91 Å². The fraction of sp³-hybridized carbons (Fsp3) is 0.192. The van der Waals surface area contributed by atoms with Crippen molar-refractivity contribution >= 4 is 22.6 Å². The highest BCUT2D eigenvalue weighted by atomic mass is 16.5. The molecule has 1 amide bonds. The second kappa shape index (κ2) is 8.46. The lowest BCUT2D eigenvalue weighted by Crippen LogP contribution is -2.12.